The second kappa shape index (κ2) is 4.27. The number of benzene rings is 1. The lowest BCUT2D eigenvalue weighted by Crippen LogP contribution is -2.45. The molecule has 0 spiro atoms. The lowest BCUT2D eigenvalue weighted by molar-refractivity contribution is 0.231. The van der Waals surface area contributed by atoms with Gasteiger partial charge >= 0.3 is 0 Å². The molecule has 1 aromatic carbocycles. The molecule has 6 nitrogen and oxygen atoms in total. The van der Waals surface area contributed by atoms with Crippen LogP contribution in [-0.4, -0.2) is 31.2 Å². The highest BCUT2D eigenvalue weighted by Crippen LogP contribution is 2.31. The van der Waals surface area contributed by atoms with E-state index in [4.69, 9.17) is 15.0 Å². The fourth-order valence-corrected chi connectivity index (χ4v) is 3.13. The minimum Gasteiger partial charge on any atom is -0.488 e. The number of nitrogens with zero attached hydrogens (tertiary/aromatic N) is 1. The van der Waals surface area contributed by atoms with Crippen molar-refractivity contribution < 1.29 is 17.7 Å². The van der Waals surface area contributed by atoms with Crippen LogP contribution < -0.4 is 10.5 Å². The quantitative estimate of drug-likeness (QED) is 0.904. The highest BCUT2D eigenvalue weighted by Gasteiger charge is 2.35. The molecule has 0 bridgehead atoms. The van der Waals surface area contributed by atoms with Crippen molar-refractivity contribution >= 4 is 15.7 Å². The first-order valence-electron chi connectivity index (χ1n) is 5.72. The second-order valence-electron chi connectivity index (χ2n) is 4.43. The number of para-hydroxylation sites is 1. The van der Waals surface area contributed by atoms with Gasteiger partial charge in [-0.3, -0.25) is 0 Å². The van der Waals surface area contributed by atoms with Gasteiger partial charge in [0.05, 0.1) is 11.5 Å². The van der Waals surface area contributed by atoms with E-state index in [2.05, 4.69) is 5.16 Å². The molecular formula is C12H12N2O4S. The number of hydrogen-bond donors (Lipinski definition) is 1. The molecule has 1 saturated heterocycles. The van der Waals surface area contributed by atoms with Gasteiger partial charge in [-0.25, -0.2) is 8.42 Å². The van der Waals surface area contributed by atoms with Crippen LogP contribution in [0.1, 0.15) is 0 Å². The van der Waals surface area contributed by atoms with Crippen LogP contribution in [0.15, 0.2) is 34.9 Å². The Labute approximate surface area is 110 Å². The van der Waals surface area contributed by atoms with E-state index in [1.165, 1.54) is 0 Å². The molecular weight excluding hydrogens is 268 g/mol. The Bertz CT molecular complexity index is 696. The highest BCUT2D eigenvalue weighted by molar-refractivity contribution is 7.92. The van der Waals surface area contributed by atoms with Gasteiger partial charge in [0.2, 0.25) is 5.88 Å². The number of aromatic nitrogens is 1. The number of nitrogen functional groups attached to an aromatic ring is 1. The standard InChI is InChI=1S/C12H12N2O4S/c13-12-5-10(14-18-12)9-3-1-2-4-11(9)17-8-6-19(15,16)7-8/h1-5,8H,6-7,13H2. The molecule has 2 heterocycles. The molecule has 19 heavy (non-hydrogen) atoms. The average Bonchev–Trinajstić information content (AvgIpc) is 2.74. The Morgan fingerprint density at radius 2 is 2.05 bits per heavy atom. The number of rotatable bonds is 3. The van der Waals surface area contributed by atoms with Crippen molar-refractivity contribution in [1.29, 1.82) is 0 Å². The van der Waals surface area contributed by atoms with Crippen LogP contribution in [0.4, 0.5) is 5.88 Å². The van der Waals surface area contributed by atoms with E-state index < -0.39 is 9.84 Å². The van der Waals surface area contributed by atoms with Crippen LogP contribution in [0.25, 0.3) is 11.3 Å². The third kappa shape index (κ3) is 2.41. The van der Waals surface area contributed by atoms with E-state index >= 15 is 0 Å². The van der Waals surface area contributed by atoms with Gasteiger partial charge in [-0.2, -0.15) is 0 Å². The number of sulfone groups is 1. The highest BCUT2D eigenvalue weighted by atomic mass is 32.2. The monoisotopic (exact) mass is 280 g/mol. The Kier molecular flexibility index (Phi) is 2.70. The zero-order valence-electron chi connectivity index (χ0n) is 9.94. The number of anilines is 1. The van der Waals surface area contributed by atoms with E-state index in [-0.39, 0.29) is 23.5 Å². The summed E-state index contributed by atoms with van der Waals surface area (Å²) in [5.74, 6) is 0.914. The molecule has 2 aromatic rings. The minimum absolute atomic E-state index is 0.0578. The SMILES string of the molecule is Nc1cc(-c2ccccc2OC2CS(=O)(=O)C2)no1. The summed E-state index contributed by atoms with van der Waals surface area (Å²) in [4.78, 5) is 0. The number of hydrogen-bond acceptors (Lipinski definition) is 6. The Morgan fingerprint density at radius 1 is 1.32 bits per heavy atom. The maximum atomic E-state index is 11.1. The first-order valence-corrected chi connectivity index (χ1v) is 7.54. The molecule has 7 heteroatoms. The maximum Gasteiger partial charge on any atom is 0.222 e. The van der Waals surface area contributed by atoms with E-state index in [1.807, 2.05) is 18.2 Å². The molecule has 0 amide bonds. The zero-order chi connectivity index (χ0) is 13.5. The summed E-state index contributed by atoms with van der Waals surface area (Å²) >= 11 is 0. The summed E-state index contributed by atoms with van der Waals surface area (Å²) in [6.07, 6.45) is -0.296. The first kappa shape index (κ1) is 12.0. The van der Waals surface area contributed by atoms with Crippen molar-refractivity contribution in [2.75, 3.05) is 17.2 Å². The summed E-state index contributed by atoms with van der Waals surface area (Å²) in [6, 6.07) is 8.84. The molecule has 0 unspecified atom stereocenters. The molecule has 1 aromatic heterocycles. The van der Waals surface area contributed by atoms with Gasteiger partial charge in [0, 0.05) is 11.6 Å². The summed E-state index contributed by atoms with van der Waals surface area (Å²) in [6.45, 7) is 0. The molecule has 0 atom stereocenters. The van der Waals surface area contributed by atoms with Gasteiger partial charge in [0.15, 0.2) is 9.84 Å². The number of nitrogens with two attached hydrogens (primary N) is 1. The summed E-state index contributed by atoms with van der Waals surface area (Å²) < 4.78 is 32.8. The molecule has 100 valence electrons. The lowest BCUT2D eigenvalue weighted by Gasteiger charge is -2.27. The van der Waals surface area contributed by atoms with E-state index in [0.717, 1.165) is 5.56 Å². The third-order valence-corrected chi connectivity index (χ3v) is 4.62. The van der Waals surface area contributed by atoms with Crippen molar-refractivity contribution in [3.05, 3.63) is 30.3 Å². The van der Waals surface area contributed by atoms with Gasteiger partial charge in [-0.1, -0.05) is 17.3 Å². The second-order valence-corrected chi connectivity index (χ2v) is 6.58. The third-order valence-electron chi connectivity index (χ3n) is 2.86. The molecule has 3 rings (SSSR count). The van der Waals surface area contributed by atoms with Crippen molar-refractivity contribution in [3.8, 4) is 17.0 Å². The van der Waals surface area contributed by atoms with Gasteiger partial charge in [-0.05, 0) is 12.1 Å². The van der Waals surface area contributed by atoms with Crippen LogP contribution in [0.3, 0.4) is 0 Å². The molecule has 1 aliphatic rings. The largest absolute Gasteiger partial charge is 0.488 e. The van der Waals surface area contributed by atoms with Crippen LogP contribution in [-0.2, 0) is 9.84 Å². The zero-order valence-corrected chi connectivity index (χ0v) is 10.8. The molecule has 0 radical (unpaired) electrons. The molecule has 2 N–H and O–H groups in total. The van der Waals surface area contributed by atoms with Crippen LogP contribution in [0.5, 0.6) is 5.75 Å². The van der Waals surface area contributed by atoms with Crippen LogP contribution in [0, 0.1) is 0 Å². The van der Waals surface area contributed by atoms with Gasteiger partial charge in [0.1, 0.15) is 17.5 Å². The summed E-state index contributed by atoms with van der Waals surface area (Å²) in [5.41, 5.74) is 6.78. The average molecular weight is 280 g/mol. The van der Waals surface area contributed by atoms with Crippen LogP contribution >= 0.6 is 0 Å². The van der Waals surface area contributed by atoms with Crippen molar-refractivity contribution in [2.45, 2.75) is 6.10 Å². The van der Waals surface area contributed by atoms with E-state index in [0.29, 0.717) is 11.4 Å². The van der Waals surface area contributed by atoms with Gasteiger partial charge < -0.3 is 15.0 Å². The number of ether oxygens (including phenoxy) is 1. The normalized spacial score (nSPS) is 17.9. The fraction of sp³-hybridized carbons (Fsp3) is 0.250. The first-order chi connectivity index (χ1) is 9.03. The van der Waals surface area contributed by atoms with Gasteiger partial charge in [-0.15, -0.1) is 0 Å². The predicted molar refractivity (Wildman–Crippen MR) is 69.4 cm³/mol. The molecule has 1 aliphatic heterocycles. The van der Waals surface area contributed by atoms with Crippen molar-refractivity contribution in [1.82, 2.24) is 5.16 Å². The van der Waals surface area contributed by atoms with Crippen LogP contribution in [0.2, 0.25) is 0 Å². The maximum absolute atomic E-state index is 11.1. The topological polar surface area (TPSA) is 95.4 Å². The van der Waals surface area contributed by atoms with Crippen molar-refractivity contribution in [2.24, 2.45) is 0 Å². The van der Waals surface area contributed by atoms with Gasteiger partial charge in [0.25, 0.3) is 0 Å². The summed E-state index contributed by atoms with van der Waals surface area (Å²) in [5, 5.41) is 3.83. The Morgan fingerprint density at radius 3 is 2.68 bits per heavy atom. The van der Waals surface area contributed by atoms with E-state index in [9.17, 15) is 8.42 Å². The summed E-state index contributed by atoms with van der Waals surface area (Å²) in [7, 11) is -2.90. The Hall–Kier alpha value is -2.02. The Balaban J connectivity index is 1.86. The minimum atomic E-state index is -2.90. The molecule has 1 fully saturated rings. The molecule has 0 saturated carbocycles. The van der Waals surface area contributed by atoms with Crippen molar-refractivity contribution in [3.63, 3.8) is 0 Å². The lowest BCUT2D eigenvalue weighted by atomic mass is 10.1. The van der Waals surface area contributed by atoms with E-state index in [1.54, 1.807) is 12.1 Å². The predicted octanol–water partition coefficient (Wildman–Crippen LogP) is 1.10. The smallest absolute Gasteiger partial charge is 0.222 e. The fourth-order valence-electron chi connectivity index (χ4n) is 1.96. The molecule has 0 aliphatic carbocycles.